The van der Waals surface area contributed by atoms with Crippen molar-refractivity contribution in [2.75, 3.05) is 19.7 Å². The molecule has 0 unspecified atom stereocenters. The van der Waals surface area contributed by atoms with E-state index in [2.05, 4.69) is 67.2 Å². The lowest BCUT2D eigenvalue weighted by Crippen LogP contribution is -2.43. The number of ether oxygens (including phenoxy) is 1. The number of hydrogen-bond donors (Lipinski definition) is 0. The molecule has 0 N–H and O–H groups in total. The average molecular weight is 433 g/mol. The Hall–Kier alpha value is -3.08. The lowest BCUT2D eigenvalue weighted by Gasteiger charge is -2.32. The van der Waals surface area contributed by atoms with Crippen molar-refractivity contribution in [3.63, 3.8) is 0 Å². The molecule has 0 saturated carbocycles. The Bertz CT molecular complexity index is 1100. The number of aromatic nitrogens is 1. The van der Waals surface area contributed by atoms with E-state index in [1.807, 2.05) is 17.9 Å². The zero-order chi connectivity index (χ0) is 22.7. The van der Waals surface area contributed by atoms with Gasteiger partial charge in [0, 0.05) is 49.6 Å². The summed E-state index contributed by atoms with van der Waals surface area (Å²) in [4.78, 5) is 27.6. The normalized spacial score (nSPS) is 17.3. The maximum atomic E-state index is 13.5. The van der Waals surface area contributed by atoms with Crippen molar-refractivity contribution < 1.29 is 14.3 Å². The van der Waals surface area contributed by atoms with Crippen molar-refractivity contribution in [2.45, 2.75) is 39.0 Å². The molecule has 0 radical (unpaired) electrons. The predicted octanol–water partition coefficient (Wildman–Crippen LogP) is 4.81. The molecule has 3 aromatic rings. The number of nitrogens with zero attached hydrogens (tertiary/aromatic N) is 2. The largest absolute Gasteiger partial charge is 0.466 e. The molecule has 1 aliphatic rings. The van der Waals surface area contributed by atoms with Gasteiger partial charge in [0.15, 0.2) is 0 Å². The topological polar surface area (TPSA) is 51.5 Å². The molecule has 0 spiro atoms. The van der Waals surface area contributed by atoms with Crippen LogP contribution in [-0.2, 0) is 21.4 Å². The second-order valence-corrected chi connectivity index (χ2v) is 8.81. The number of aryl methyl sites for hydroxylation is 2. The van der Waals surface area contributed by atoms with E-state index in [-0.39, 0.29) is 23.7 Å². The third-order valence-electron chi connectivity index (χ3n) is 6.56. The lowest BCUT2D eigenvalue weighted by molar-refractivity contribution is -0.151. The quantitative estimate of drug-likeness (QED) is 0.525. The number of piperidine rings is 1. The van der Waals surface area contributed by atoms with Gasteiger partial charge in [0.05, 0.1) is 12.5 Å². The van der Waals surface area contributed by atoms with Crippen molar-refractivity contribution >= 4 is 22.8 Å². The van der Waals surface area contributed by atoms with Crippen molar-refractivity contribution in [2.24, 2.45) is 13.0 Å². The van der Waals surface area contributed by atoms with Crippen LogP contribution in [0.5, 0.6) is 0 Å². The highest BCUT2D eigenvalue weighted by atomic mass is 16.5. The zero-order valence-electron chi connectivity index (χ0n) is 19.2. The predicted molar refractivity (Wildman–Crippen MR) is 126 cm³/mol. The van der Waals surface area contributed by atoms with E-state index in [0.29, 0.717) is 26.1 Å². The number of para-hydroxylation sites is 1. The van der Waals surface area contributed by atoms with Gasteiger partial charge < -0.3 is 14.2 Å². The molecule has 1 aromatic heterocycles. The number of likely N-dealkylation sites (tertiary alicyclic amines) is 1. The summed E-state index contributed by atoms with van der Waals surface area (Å²) in [5, 5.41) is 1.18. The van der Waals surface area contributed by atoms with Crippen molar-refractivity contribution in [3.8, 4) is 0 Å². The molecule has 2 atom stereocenters. The average Bonchev–Trinajstić information content (AvgIpc) is 3.15. The molecule has 5 nitrogen and oxygen atoms in total. The standard InChI is InChI=1S/C27H32N2O3/c1-4-32-27(31)21-8-7-15-29(17-21)26(30)16-23(20-13-11-19(2)12-14-20)24-18-28(3)25-10-6-5-9-22(24)25/h5-6,9-14,18,21,23H,4,7-8,15-17H2,1-3H3/t21-,23-/m0/s1. The third kappa shape index (κ3) is 4.57. The Morgan fingerprint density at radius 2 is 1.88 bits per heavy atom. The molecule has 0 bridgehead atoms. The molecular weight excluding hydrogens is 400 g/mol. The van der Waals surface area contributed by atoms with Crippen LogP contribution >= 0.6 is 0 Å². The van der Waals surface area contributed by atoms with Gasteiger partial charge in [0.2, 0.25) is 5.91 Å². The van der Waals surface area contributed by atoms with E-state index in [1.54, 1.807) is 0 Å². The first kappa shape index (κ1) is 22.1. The van der Waals surface area contributed by atoms with Gasteiger partial charge in [0.1, 0.15) is 0 Å². The van der Waals surface area contributed by atoms with Crippen LogP contribution in [0.15, 0.2) is 54.7 Å². The molecule has 1 saturated heterocycles. The monoisotopic (exact) mass is 432 g/mol. The summed E-state index contributed by atoms with van der Waals surface area (Å²) >= 11 is 0. The number of fused-ring (bicyclic) bond motifs is 1. The minimum Gasteiger partial charge on any atom is -0.466 e. The van der Waals surface area contributed by atoms with E-state index in [1.165, 1.54) is 16.5 Å². The second kappa shape index (κ2) is 9.60. The van der Waals surface area contributed by atoms with Crippen LogP contribution < -0.4 is 0 Å². The second-order valence-electron chi connectivity index (χ2n) is 8.81. The van der Waals surface area contributed by atoms with Crippen molar-refractivity contribution in [1.82, 2.24) is 9.47 Å². The molecule has 1 amide bonds. The molecule has 5 heteroatoms. The van der Waals surface area contributed by atoms with Gasteiger partial charge >= 0.3 is 5.97 Å². The van der Waals surface area contributed by atoms with Crippen LogP contribution in [0, 0.1) is 12.8 Å². The summed E-state index contributed by atoms with van der Waals surface area (Å²) in [5.74, 6) is -0.355. The number of rotatable bonds is 6. The minimum absolute atomic E-state index is 0.0443. The number of carbonyl (C=O) groups is 2. The zero-order valence-corrected chi connectivity index (χ0v) is 19.2. The Morgan fingerprint density at radius 3 is 2.62 bits per heavy atom. The van der Waals surface area contributed by atoms with Gasteiger partial charge in [0.25, 0.3) is 0 Å². The molecule has 32 heavy (non-hydrogen) atoms. The fourth-order valence-electron chi connectivity index (χ4n) is 4.82. The number of benzene rings is 2. The molecule has 1 fully saturated rings. The summed E-state index contributed by atoms with van der Waals surface area (Å²) in [5.41, 5.74) is 4.66. The summed E-state index contributed by atoms with van der Waals surface area (Å²) in [6, 6.07) is 16.8. The van der Waals surface area contributed by atoms with Gasteiger partial charge in [-0.2, -0.15) is 0 Å². The fraction of sp³-hybridized carbons (Fsp3) is 0.407. The minimum atomic E-state index is -0.219. The van der Waals surface area contributed by atoms with Crippen LogP contribution in [0.25, 0.3) is 10.9 Å². The lowest BCUT2D eigenvalue weighted by atomic mass is 9.87. The highest BCUT2D eigenvalue weighted by molar-refractivity contribution is 5.87. The number of hydrogen-bond acceptors (Lipinski definition) is 3. The molecule has 1 aliphatic heterocycles. The van der Waals surface area contributed by atoms with Gasteiger partial charge in [-0.1, -0.05) is 48.0 Å². The maximum absolute atomic E-state index is 13.5. The van der Waals surface area contributed by atoms with Crippen LogP contribution in [0.4, 0.5) is 0 Å². The van der Waals surface area contributed by atoms with Crippen LogP contribution in [0.3, 0.4) is 0 Å². The van der Waals surface area contributed by atoms with E-state index >= 15 is 0 Å². The van der Waals surface area contributed by atoms with Gasteiger partial charge in [-0.25, -0.2) is 0 Å². The maximum Gasteiger partial charge on any atom is 0.310 e. The number of amides is 1. The van der Waals surface area contributed by atoms with E-state index in [4.69, 9.17) is 4.74 Å². The number of carbonyl (C=O) groups excluding carboxylic acids is 2. The Morgan fingerprint density at radius 1 is 1.12 bits per heavy atom. The molecule has 0 aliphatic carbocycles. The highest BCUT2D eigenvalue weighted by Crippen LogP contribution is 2.35. The summed E-state index contributed by atoms with van der Waals surface area (Å²) < 4.78 is 7.34. The van der Waals surface area contributed by atoms with Gasteiger partial charge in [-0.05, 0) is 43.9 Å². The summed E-state index contributed by atoms with van der Waals surface area (Å²) in [7, 11) is 2.05. The molecule has 2 aromatic carbocycles. The fourth-order valence-corrected chi connectivity index (χ4v) is 4.82. The molecular formula is C27H32N2O3. The summed E-state index contributed by atoms with van der Waals surface area (Å²) in [6.45, 7) is 5.42. The van der Waals surface area contributed by atoms with Crippen LogP contribution in [0.1, 0.15) is 48.8 Å². The van der Waals surface area contributed by atoms with Crippen LogP contribution in [-0.4, -0.2) is 41.0 Å². The SMILES string of the molecule is CCOC(=O)[C@H]1CCCN(C(=O)C[C@@H](c2ccc(C)cc2)c2cn(C)c3ccccc23)C1. The van der Waals surface area contributed by atoms with E-state index in [9.17, 15) is 9.59 Å². The Balaban J connectivity index is 1.63. The smallest absolute Gasteiger partial charge is 0.310 e. The van der Waals surface area contributed by atoms with Gasteiger partial charge in [-0.3, -0.25) is 9.59 Å². The first-order valence-electron chi connectivity index (χ1n) is 11.5. The molecule has 2 heterocycles. The summed E-state index contributed by atoms with van der Waals surface area (Å²) in [6.07, 6.45) is 4.15. The van der Waals surface area contributed by atoms with Crippen LogP contribution in [0.2, 0.25) is 0 Å². The van der Waals surface area contributed by atoms with Gasteiger partial charge in [-0.15, -0.1) is 0 Å². The van der Waals surface area contributed by atoms with Crippen molar-refractivity contribution in [3.05, 3.63) is 71.4 Å². The number of esters is 1. The Kier molecular flexibility index (Phi) is 6.63. The first-order valence-corrected chi connectivity index (χ1v) is 11.5. The van der Waals surface area contributed by atoms with Crippen molar-refractivity contribution in [1.29, 1.82) is 0 Å². The Labute approximate surface area is 190 Å². The first-order chi connectivity index (χ1) is 15.5. The molecule has 168 valence electrons. The highest BCUT2D eigenvalue weighted by Gasteiger charge is 2.31. The third-order valence-corrected chi connectivity index (χ3v) is 6.56. The van der Waals surface area contributed by atoms with E-state index < -0.39 is 0 Å². The molecule has 4 rings (SSSR count). The van der Waals surface area contributed by atoms with E-state index in [0.717, 1.165) is 23.9 Å².